The Morgan fingerprint density at radius 2 is 1.75 bits per heavy atom. The lowest BCUT2D eigenvalue weighted by Crippen LogP contribution is -2.12. The van der Waals surface area contributed by atoms with Gasteiger partial charge in [0.1, 0.15) is 0 Å². The summed E-state index contributed by atoms with van der Waals surface area (Å²) >= 11 is 0. The second-order valence-electron chi connectivity index (χ2n) is 3.89. The van der Waals surface area contributed by atoms with Gasteiger partial charge in [-0.05, 0) is 26.0 Å². The molecule has 0 fully saturated rings. The van der Waals surface area contributed by atoms with E-state index in [9.17, 15) is 9.59 Å². The van der Waals surface area contributed by atoms with Gasteiger partial charge in [-0.3, -0.25) is 4.79 Å². The van der Waals surface area contributed by atoms with E-state index in [1.54, 1.807) is 13.8 Å². The van der Waals surface area contributed by atoms with Crippen LogP contribution in [0.1, 0.15) is 20.3 Å². The highest BCUT2D eigenvalue weighted by Gasteiger charge is 2.10. The van der Waals surface area contributed by atoms with E-state index in [0.29, 0.717) is 12.3 Å². The van der Waals surface area contributed by atoms with Gasteiger partial charge < -0.3 is 14.8 Å². The number of hydrogen-bond donors (Lipinski definition) is 1. The number of benzene rings is 1. The zero-order chi connectivity index (χ0) is 14.8. The van der Waals surface area contributed by atoms with Gasteiger partial charge in [0.2, 0.25) is 0 Å². The number of carbonyl (C=O) groups excluding carboxylic acids is 2. The normalized spacial score (nSPS) is 10.8. The lowest BCUT2D eigenvalue weighted by molar-refractivity contribution is -0.142. The molecule has 0 radical (unpaired) electrons. The van der Waals surface area contributed by atoms with Gasteiger partial charge in [0, 0.05) is 17.5 Å². The molecular formula is C15H19NO4. The summed E-state index contributed by atoms with van der Waals surface area (Å²) in [6.07, 6.45) is 1.26. The third-order valence-corrected chi connectivity index (χ3v) is 2.30. The fourth-order valence-electron chi connectivity index (χ4n) is 1.53. The van der Waals surface area contributed by atoms with Crippen molar-refractivity contribution in [1.29, 1.82) is 0 Å². The van der Waals surface area contributed by atoms with Gasteiger partial charge in [-0.1, -0.05) is 18.2 Å². The van der Waals surface area contributed by atoms with Crippen molar-refractivity contribution in [2.24, 2.45) is 0 Å². The minimum absolute atomic E-state index is 0.0124. The molecule has 5 nitrogen and oxygen atoms in total. The van der Waals surface area contributed by atoms with E-state index in [2.05, 4.69) is 5.32 Å². The summed E-state index contributed by atoms with van der Waals surface area (Å²) in [5, 5.41) is 3.02. The molecular weight excluding hydrogens is 258 g/mol. The van der Waals surface area contributed by atoms with E-state index in [1.807, 2.05) is 30.3 Å². The van der Waals surface area contributed by atoms with Gasteiger partial charge >= 0.3 is 11.9 Å². The van der Waals surface area contributed by atoms with Crippen molar-refractivity contribution in [3.05, 3.63) is 42.1 Å². The maximum Gasteiger partial charge on any atom is 0.332 e. The smallest absolute Gasteiger partial charge is 0.332 e. The molecule has 0 unspecified atom stereocenters. The predicted molar refractivity (Wildman–Crippen MR) is 76.0 cm³/mol. The summed E-state index contributed by atoms with van der Waals surface area (Å²) < 4.78 is 9.72. The summed E-state index contributed by atoms with van der Waals surface area (Å²) in [6.45, 7) is 4.04. The van der Waals surface area contributed by atoms with Gasteiger partial charge in [0.15, 0.2) is 0 Å². The summed E-state index contributed by atoms with van der Waals surface area (Å²) in [5.74, 6) is -0.887. The molecule has 1 rings (SSSR count). The molecule has 1 N–H and O–H groups in total. The van der Waals surface area contributed by atoms with Crippen molar-refractivity contribution in [2.45, 2.75) is 20.3 Å². The number of hydrogen-bond acceptors (Lipinski definition) is 5. The summed E-state index contributed by atoms with van der Waals surface area (Å²) in [6, 6.07) is 9.27. The number of para-hydroxylation sites is 1. The molecule has 0 aliphatic heterocycles. The first-order valence-electron chi connectivity index (χ1n) is 6.50. The standard InChI is InChI=1S/C15H19NO4/c1-3-19-14(17)10-13(11-15(18)20-4-2)16-12-8-6-5-7-9-12/h5-10,16H,3-4,11H2,1-2H3. The van der Waals surface area contributed by atoms with Crippen molar-refractivity contribution in [2.75, 3.05) is 18.5 Å². The van der Waals surface area contributed by atoms with Crippen molar-refractivity contribution in [3.8, 4) is 0 Å². The minimum Gasteiger partial charge on any atom is -0.466 e. The Morgan fingerprint density at radius 1 is 1.10 bits per heavy atom. The zero-order valence-corrected chi connectivity index (χ0v) is 11.7. The first-order valence-corrected chi connectivity index (χ1v) is 6.50. The van der Waals surface area contributed by atoms with Crippen LogP contribution in [0.3, 0.4) is 0 Å². The molecule has 5 heteroatoms. The van der Waals surface area contributed by atoms with Crippen LogP contribution in [0, 0.1) is 0 Å². The Morgan fingerprint density at radius 3 is 2.35 bits per heavy atom. The lowest BCUT2D eigenvalue weighted by Gasteiger charge is -2.10. The van der Waals surface area contributed by atoms with Crippen LogP contribution in [0.25, 0.3) is 0 Å². The lowest BCUT2D eigenvalue weighted by atomic mass is 10.2. The molecule has 1 aromatic rings. The molecule has 1 aromatic carbocycles. The van der Waals surface area contributed by atoms with Crippen molar-refractivity contribution in [3.63, 3.8) is 0 Å². The first kappa shape index (κ1) is 15.8. The number of nitrogens with one attached hydrogen (secondary N) is 1. The van der Waals surface area contributed by atoms with Crippen LogP contribution < -0.4 is 5.32 Å². The summed E-state index contributed by atoms with van der Waals surface area (Å²) in [7, 11) is 0. The van der Waals surface area contributed by atoms with Gasteiger partial charge in [0.05, 0.1) is 19.6 Å². The van der Waals surface area contributed by atoms with Crippen LogP contribution >= 0.6 is 0 Å². The molecule has 0 aromatic heterocycles. The Labute approximate surface area is 118 Å². The molecule has 0 saturated heterocycles. The Bertz CT molecular complexity index is 468. The number of rotatable bonds is 7. The second kappa shape index (κ2) is 8.74. The summed E-state index contributed by atoms with van der Waals surface area (Å²) in [5.41, 5.74) is 1.22. The Balaban J connectivity index is 2.78. The topological polar surface area (TPSA) is 64.6 Å². The number of carbonyl (C=O) groups is 2. The van der Waals surface area contributed by atoms with Crippen LogP contribution in [-0.2, 0) is 19.1 Å². The molecule has 0 saturated carbocycles. The monoisotopic (exact) mass is 277 g/mol. The second-order valence-corrected chi connectivity index (χ2v) is 3.89. The average molecular weight is 277 g/mol. The summed E-state index contributed by atoms with van der Waals surface area (Å²) in [4.78, 5) is 23.0. The maximum atomic E-state index is 11.5. The quantitative estimate of drug-likeness (QED) is 0.613. The van der Waals surface area contributed by atoms with Crippen LogP contribution in [0.2, 0.25) is 0 Å². The molecule has 0 heterocycles. The Hall–Kier alpha value is -2.30. The minimum atomic E-state index is -0.491. The SMILES string of the molecule is CCOC(=O)C=C(CC(=O)OCC)Nc1ccccc1. The molecule has 20 heavy (non-hydrogen) atoms. The predicted octanol–water partition coefficient (Wildman–Crippen LogP) is 2.50. The number of esters is 2. The van der Waals surface area contributed by atoms with Crippen molar-refractivity contribution >= 4 is 17.6 Å². The molecule has 0 aliphatic rings. The van der Waals surface area contributed by atoms with Crippen LogP contribution in [0.4, 0.5) is 5.69 Å². The Kier molecular flexibility index (Phi) is 6.89. The van der Waals surface area contributed by atoms with E-state index < -0.39 is 11.9 Å². The van der Waals surface area contributed by atoms with E-state index in [4.69, 9.17) is 9.47 Å². The molecule has 0 amide bonds. The third kappa shape index (κ3) is 6.04. The molecule has 0 spiro atoms. The average Bonchev–Trinajstić information content (AvgIpc) is 2.40. The first-order chi connectivity index (χ1) is 9.65. The van der Waals surface area contributed by atoms with E-state index in [-0.39, 0.29) is 13.0 Å². The maximum absolute atomic E-state index is 11.5. The van der Waals surface area contributed by atoms with E-state index >= 15 is 0 Å². The van der Waals surface area contributed by atoms with Crippen LogP contribution in [0.15, 0.2) is 42.1 Å². The van der Waals surface area contributed by atoms with Gasteiger partial charge in [-0.25, -0.2) is 4.79 Å². The number of ether oxygens (including phenoxy) is 2. The third-order valence-electron chi connectivity index (χ3n) is 2.30. The number of anilines is 1. The fourth-order valence-corrected chi connectivity index (χ4v) is 1.53. The fraction of sp³-hybridized carbons (Fsp3) is 0.333. The van der Waals surface area contributed by atoms with Crippen molar-refractivity contribution in [1.82, 2.24) is 0 Å². The highest BCUT2D eigenvalue weighted by Crippen LogP contribution is 2.12. The highest BCUT2D eigenvalue weighted by molar-refractivity contribution is 5.85. The van der Waals surface area contributed by atoms with Crippen LogP contribution in [0.5, 0.6) is 0 Å². The molecule has 0 bridgehead atoms. The van der Waals surface area contributed by atoms with Gasteiger partial charge in [-0.2, -0.15) is 0 Å². The van der Waals surface area contributed by atoms with Crippen LogP contribution in [-0.4, -0.2) is 25.2 Å². The highest BCUT2D eigenvalue weighted by atomic mass is 16.5. The molecule has 0 aliphatic carbocycles. The largest absolute Gasteiger partial charge is 0.466 e. The van der Waals surface area contributed by atoms with E-state index in [1.165, 1.54) is 6.08 Å². The van der Waals surface area contributed by atoms with Crippen molar-refractivity contribution < 1.29 is 19.1 Å². The van der Waals surface area contributed by atoms with Gasteiger partial charge in [-0.15, -0.1) is 0 Å². The zero-order valence-electron chi connectivity index (χ0n) is 11.7. The van der Waals surface area contributed by atoms with Gasteiger partial charge in [0.25, 0.3) is 0 Å². The molecule has 0 atom stereocenters. The van der Waals surface area contributed by atoms with E-state index in [0.717, 1.165) is 5.69 Å². The molecule has 108 valence electrons.